The highest BCUT2D eigenvalue weighted by Gasteiger charge is 2.15. The third-order valence-corrected chi connectivity index (χ3v) is 2.48. The number of benzene rings is 1. The van der Waals surface area contributed by atoms with Crippen LogP contribution in [-0.2, 0) is 17.7 Å². The average molecular weight is 265 g/mol. The van der Waals surface area contributed by atoms with Gasteiger partial charge >= 0.3 is 6.09 Å². The number of carbonyl (C=O) groups excluding carboxylic acids is 1. The summed E-state index contributed by atoms with van der Waals surface area (Å²) < 4.78 is 5.16. The molecule has 4 heteroatoms. The van der Waals surface area contributed by atoms with E-state index in [-0.39, 0.29) is 6.61 Å². The van der Waals surface area contributed by atoms with E-state index in [4.69, 9.17) is 9.84 Å². The Morgan fingerprint density at radius 1 is 1.21 bits per heavy atom. The van der Waals surface area contributed by atoms with E-state index in [0.717, 1.165) is 18.4 Å². The van der Waals surface area contributed by atoms with Crippen LogP contribution in [0.1, 0.15) is 38.3 Å². The summed E-state index contributed by atoms with van der Waals surface area (Å²) in [4.78, 5) is 11.5. The maximum atomic E-state index is 11.5. The summed E-state index contributed by atoms with van der Waals surface area (Å²) in [6.07, 6.45) is 1.24. The van der Waals surface area contributed by atoms with Crippen molar-refractivity contribution in [2.24, 2.45) is 0 Å². The first kappa shape index (κ1) is 15.5. The SMILES string of the molecule is CC(C)(C)OC(=O)NCc1ccc(CCCO)cc1. The van der Waals surface area contributed by atoms with Crippen LogP contribution in [0.5, 0.6) is 0 Å². The van der Waals surface area contributed by atoms with Crippen molar-refractivity contribution < 1.29 is 14.6 Å². The second-order valence-corrected chi connectivity index (χ2v) is 5.50. The molecule has 0 spiro atoms. The lowest BCUT2D eigenvalue weighted by atomic mass is 10.1. The summed E-state index contributed by atoms with van der Waals surface area (Å²) in [5.41, 5.74) is 1.74. The lowest BCUT2D eigenvalue weighted by Crippen LogP contribution is -2.32. The minimum atomic E-state index is -0.474. The molecule has 0 aliphatic heterocycles. The predicted octanol–water partition coefficient (Wildman–Crippen LogP) is 2.64. The number of aliphatic hydroxyl groups is 1. The third kappa shape index (κ3) is 6.82. The molecule has 0 atom stereocenters. The van der Waals surface area contributed by atoms with Gasteiger partial charge in [-0.2, -0.15) is 0 Å². The van der Waals surface area contributed by atoms with Gasteiger partial charge in [-0.3, -0.25) is 0 Å². The molecule has 0 radical (unpaired) electrons. The fraction of sp³-hybridized carbons (Fsp3) is 0.533. The first-order valence-electron chi connectivity index (χ1n) is 6.56. The Bertz CT molecular complexity index is 393. The first-order valence-corrected chi connectivity index (χ1v) is 6.56. The highest BCUT2D eigenvalue weighted by atomic mass is 16.6. The molecule has 106 valence electrons. The molecule has 4 nitrogen and oxygen atoms in total. The zero-order valence-corrected chi connectivity index (χ0v) is 11.9. The summed E-state index contributed by atoms with van der Waals surface area (Å²) in [7, 11) is 0. The Morgan fingerprint density at radius 3 is 2.32 bits per heavy atom. The van der Waals surface area contributed by atoms with Crippen molar-refractivity contribution in [1.29, 1.82) is 0 Å². The van der Waals surface area contributed by atoms with Gasteiger partial charge in [-0.05, 0) is 44.7 Å². The molecular weight excluding hydrogens is 242 g/mol. The third-order valence-electron chi connectivity index (χ3n) is 2.48. The maximum Gasteiger partial charge on any atom is 0.407 e. The van der Waals surface area contributed by atoms with Crippen LogP contribution in [0.15, 0.2) is 24.3 Å². The Kier molecular flexibility index (Phi) is 5.83. The van der Waals surface area contributed by atoms with Gasteiger partial charge in [0.1, 0.15) is 5.60 Å². The van der Waals surface area contributed by atoms with Crippen LogP contribution in [0, 0.1) is 0 Å². The van der Waals surface area contributed by atoms with Gasteiger partial charge in [-0.15, -0.1) is 0 Å². The summed E-state index contributed by atoms with van der Waals surface area (Å²) in [5, 5.41) is 11.5. The van der Waals surface area contributed by atoms with E-state index in [1.165, 1.54) is 5.56 Å². The van der Waals surface area contributed by atoms with E-state index in [2.05, 4.69) is 5.32 Å². The van der Waals surface area contributed by atoms with Crippen LogP contribution in [0.25, 0.3) is 0 Å². The van der Waals surface area contributed by atoms with Crippen molar-refractivity contribution in [2.75, 3.05) is 6.61 Å². The van der Waals surface area contributed by atoms with Crippen molar-refractivity contribution in [3.8, 4) is 0 Å². The van der Waals surface area contributed by atoms with Gasteiger partial charge in [-0.1, -0.05) is 24.3 Å². The van der Waals surface area contributed by atoms with E-state index >= 15 is 0 Å². The maximum absolute atomic E-state index is 11.5. The van der Waals surface area contributed by atoms with Crippen LogP contribution < -0.4 is 5.32 Å². The minimum absolute atomic E-state index is 0.210. The smallest absolute Gasteiger partial charge is 0.407 e. The molecule has 0 unspecified atom stereocenters. The van der Waals surface area contributed by atoms with Crippen LogP contribution >= 0.6 is 0 Å². The molecule has 0 heterocycles. The highest BCUT2D eigenvalue weighted by molar-refractivity contribution is 5.67. The lowest BCUT2D eigenvalue weighted by molar-refractivity contribution is 0.0523. The Hall–Kier alpha value is -1.55. The van der Waals surface area contributed by atoms with Crippen LogP contribution in [0.4, 0.5) is 4.79 Å². The van der Waals surface area contributed by atoms with Crippen molar-refractivity contribution in [1.82, 2.24) is 5.32 Å². The van der Waals surface area contributed by atoms with Gasteiger partial charge in [0.15, 0.2) is 0 Å². The predicted molar refractivity (Wildman–Crippen MR) is 74.9 cm³/mol. The monoisotopic (exact) mass is 265 g/mol. The lowest BCUT2D eigenvalue weighted by Gasteiger charge is -2.19. The first-order chi connectivity index (χ1) is 8.90. The second-order valence-electron chi connectivity index (χ2n) is 5.50. The molecule has 1 aromatic rings. The Labute approximate surface area is 114 Å². The van der Waals surface area contributed by atoms with Gasteiger partial charge in [0, 0.05) is 13.2 Å². The number of alkyl carbamates (subject to hydrolysis) is 1. The van der Waals surface area contributed by atoms with Gasteiger partial charge in [0.2, 0.25) is 0 Å². The molecule has 0 bridgehead atoms. The fourth-order valence-electron chi connectivity index (χ4n) is 1.60. The molecule has 1 aromatic carbocycles. The van der Waals surface area contributed by atoms with Crippen LogP contribution in [0.3, 0.4) is 0 Å². The molecule has 0 fully saturated rings. The van der Waals surface area contributed by atoms with Crippen molar-refractivity contribution in [2.45, 2.75) is 45.8 Å². The zero-order chi connectivity index (χ0) is 14.3. The normalized spacial score (nSPS) is 11.2. The van der Waals surface area contributed by atoms with E-state index in [0.29, 0.717) is 6.54 Å². The molecule has 1 rings (SSSR count). The molecule has 0 saturated carbocycles. The van der Waals surface area contributed by atoms with Crippen molar-refractivity contribution in [3.05, 3.63) is 35.4 Å². The van der Waals surface area contributed by atoms with Crippen molar-refractivity contribution >= 4 is 6.09 Å². The standard InChI is InChI=1S/C15H23NO3/c1-15(2,3)19-14(18)16-11-13-8-6-12(7-9-13)5-4-10-17/h6-9,17H,4-5,10-11H2,1-3H3,(H,16,18). The Balaban J connectivity index is 2.39. The Morgan fingerprint density at radius 2 is 1.79 bits per heavy atom. The zero-order valence-electron chi connectivity index (χ0n) is 11.9. The van der Waals surface area contributed by atoms with E-state index < -0.39 is 11.7 Å². The van der Waals surface area contributed by atoms with Crippen LogP contribution in [0.2, 0.25) is 0 Å². The number of aryl methyl sites for hydroxylation is 1. The van der Waals surface area contributed by atoms with Crippen molar-refractivity contribution in [3.63, 3.8) is 0 Å². The molecule has 0 aliphatic rings. The molecular formula is C15H23NO3. The van der Waals surface area contributed by atoms with Gasteiger partial charge in [-0.25, -0.2) is 4.79 Å². The summed E-state index contributed by atoms with van der Waals surface area (Å²) in [5.74, 6) is 0. The number of ether oxygens (including phenoxy) is 1. The molecule has 0 aliphatic carbocycles. The number of hydrogen-bond donors (Lipinski definition) is 2. The molecule has 0 saturated heterocycles. The van der Waals surface area contributed by atoms with Gasteiger partial charge in [0.25, 0.3) is 0 Å². The second kappa shape index (κ2) is 7.14. The number of hydrogen-bond acceptors (Lipinski definition) is 3. The van der Waals surface area contributed by atoms with E-state index in [1.54, 1.807) is 0 Å². The number of rotatable bonds is 5. The number of nitrogens with one attached hydrogen (secondary N) is 1. The minimum Gasteiger partial charge on any atom is -0.444 e. The van der Waals surface area contributed by atoms with Gasteiger partial charge in [0.05, 0.1) is 0 Å². The number of aliphatic hydroxyl groups excluding tert-OH is 1. The van der Waals surface area contributed by atoms with E-state index in [1.807, 2.05) is 45.0 Å². The fourth-order valence-corrected chi connectivity index (χ4v) is 1.60. The molecule has 2 N–H and O–H groups in total. The molecule has 19 heavy (non-hydrogen) atoms. The highest BCUT2D eigenvalue weighted by Crippen LogP contribution is 2.08. The van der Waals surface area contributed by atoms with Gasteiger partial charge < -0.3 is 15.2 Å². The van der Waals surface area contributed by atoms with Crippen LogP contribution in [-0.4, -0.2) is 23.4 Å². The average Bonchev–Trinajstić information content (AvgIpc) is 2.33. The summed E-state index contributed by atoms with van der Waals surface area (Å²) in [6, 6.07) is 7.98. The molecule has 0 aromatic heterocycles. The number of amides is 1. The topological polar surface area (TPSA) is 58.6 Å². The largest absolute Gasteiger partial charge is 0.444 e. The summed E-state index contributed by atoms with van der Waals surface area (Å²) in [6.45, 7) is 6.17. The summed E-state index contributed by atoms with van der Waals surface area (Å²) >= 11 is 0. The molecule has 1 amide bonds. The van der Waals surface area contributed by atoms with E-state index in [9.17, 15) is 4.79 Å². The number of carbonyl (C=O) groups is 1. The quantitative estimate of drug-likeness (QED) is 0.860.